The van der Waals surface area contributed by atoms with Gasteiger partial charge in [0, 0.05) is 25.2 Å². The summed E-state index contributed by atoms with van der Waals surface area (Å²) in [4.78, 5) is 14.3. The van der Waals surface area contributed by atoms with Crippen molar-refractivity contribution in [1.29, 1.82) is 0 Å². The molecule has 0 aliphatic rings. The summed E-state index contributed by atoms with van der Waals surface area (Å²) >= 11 is 6.20. The Hall–Kier alpha value is -2.45. The van der Waals surface area contributed by atoms with Gasteiger partial charge in [-0.15, -0.1) is 0 Å². The Labute approximate surface area is 168 Å². The summed E-state index contributed by atoms with van der Waals surface area (Å²) in [6, 6.07) is 3.14. The molecule has 0 saturated heterocycles. The number of nitrogens with zero attached hydrogens (tertiary/aromatic N) is 5. The van der Waals surface area contributed by atoms with Crippen LogP contribution in [-0.4, -0.2) is 43.8 Å². The van der Waals surface area contributed by atoms with Crippen molar-refractivity contribution in [3.05, 3.63) is 29.2 Å². The minimum Gasteiger partial charge on any atom is -0.389 e. The maximum atomic E-state index is 15.0. The molecule has 2 heterocycles. The highest BCUT2D eigenvalue weighted by Crippen LogP contribution is 2.34. The number of imidazole rings is 1. The van der Waals surface area contributed by atoms with Gasteiger partial charge in [-0.05, 0) is 39.8 Å². The predicted octanol–water partition coefficient (Wildman–Crippen LogP) is 3.66. The number of hydrogen-bond donors (Lipinski definition) is 2. The van der Waals surface area contributed by atoms with Crippen LogP contribution in [0.25, 0.3) is 22.3 Å². The Balaban J connectivity index is 2.23. The van der Waals surface area contributed by atoms with Crippen LogP contribution >= 0.6 is 11.6 Å². The van der Waals surface area contributed by atoms with Crippen LogP contribution in [0.3, 0.4) is 0 Å². The molecule has 0 spiro atoms. The van der Waals surface area contributed by atoms with Crippen molar-refractivity contribution >= 4 is 34.5 Å². The molecule has 9 heteroatoms. The lowest BCUT2D eigenvalue weighted by Crippen LogP contribution is -2.37. The van der Waals surface area contributed by atoms with Gasteiger partial charge in [-0.3, -0.25) is 0 Å². The molecular weight excluding hydrogens is 383 g/mol. The number of nitrogen functional groups attached to an aromatic ring is 1. The lowest BCUT2D eigenvalue weighted by atomic mass is 10.1. The summed E-state index contributed by atoms with van der Waals surface area (Å²) in [5.74, 6) is 0.136. The SMILES string of the molecule is CC(C)n1c(N(C)CC(C)(C)O)nc2c(F)cc(-c3nc(N)ncc3Cl)cc21. The van der Waals surface area contributed by atoms with Crippen LogP contribution < -0.4 is 10.6 Å². The van der Waals surface area contributed by atoms with Crippen molar-refractivity contribution in [2.45, 2.75) is 39.3 Å². The topological polar surface area (TPSA) is 93.1 Å². The fourth-order valence-corrected chi connectivity index (χ4v) is 3.49. The number of hydrogen-bond acceptors (Lipinski definition) is 6. The Morgan fingerprint density at radius 1 is 1.32 bits per heavy atom. The highest BCUT2D eigenvalue weighted by molar-refractivity contribution is 6.33. The van der Waals surface area contributed by atoms with Crippen LogP contribution in [0.2, 0.25) is 5.02 Å². The molecule has 0 aliphatic heterocycles. The van der Waals surface area contributed by atoms with Gasteiger partial charge in [0.1, 0.15) is 5.52 Å². The number of nitrogens with two attached hydrogens (primary N) is 1. The second-order valence-electron chi connectivity index (χ2n) is 7.79. The van der Waals surface area contributed by atoms with Crippen molar-refractivity contribution < 1.29 is 9.50 Å². The van der Waals surface area contributed by atoms with E-state index in [2.05, 4.69) is 15.0 Å². The first kappa shape index (κ1) is 20.3. The van der Waals surface area contributed by atoms with E-state index in [1.54, 1.807) is 19.9 Å². The van der Waals surface area contributed by atoms with E-state index in [-0.39, 0.29) is 22.5 Å². The minimum absolute atomic E-state index is 0.00449. The molecule has 28 heavy (non-hydrogen) atoms. The van der Waals surface area contributed by atoms with Gasteiger partial charge in [0.15, 0.2) is 5.82 Å². The fourth-order valence-electron chi connectivity index (χ4n) is 3.29. The third kappa shape index (κ3) is 3.88. The first-order valence-corrected chi connectivity index (χ1v) is 9.29. The van der Waals surface area contributed by atoms with E-state index >= 15 is 0 Å². The number of fused-ring (bicyclic) bond motifs is 1. The average Bonchev–Trinajstić information content (AvgIpc) is 2.96. The number of aliphatic hydroxyl groups is 1. The van der Waals surface area contributed by atoms with Gasteiger partial charge in [0.25, 0.3) is 0 Å². The van der Waals surface area contributed by atoms with Crippen LogP contribution in [0.5, 0.6) is 0 Å². The van der Waals surface area contributed by atoms with Crippen LogP contribution in [-0.2, 0) is 0 Å². The zero-order chi connectivity index (χ0) is 20.8. The largest absolute Gasteiger partial charge is 0.389 e. The van der Waals surface area contributed by atoms with E-state index in [1.165, 1.54) is 12.3 Å². The van der Waals surface area contributed by atoms with Gasteiger partial charge < -0.3 is 20.3 Å². The summed E-state index contributed by atoms with van der Waals surface area (Å²) in [7, 11) is 1.82. The molecule has 0 fully saturated rings. The van der Waals surface area contributed by atoms with Crippen LogP contribution in [0.4, 0.5) is 16.3 Å². The second kappa shape index (κ2) is 7.18. The first-order chi connectivity index (χ1) is 13.0. The lowest BCUT2D eigenvalue weighted by molar-refractivity contribution is 0.0881. The molecule has 0 bridgehead atoms. The van der Waals surface area contributed by atoms with Crippen molar-refractivity contribution in [3.8, 4) is 11.3 Å². The van der Waals surface area contributed by atoms with Gasteiger partial charge in [-0.2, -0.15) is 0 Å². The first-order valence-electron chi connectivity index (χ1n) is 8.91. The zero-order valence-corrected chi connectivity index (χ0v) is 17.3. The maximum Gasteiger partial charge on any atom is 0.220 e. The summed E-state index contributed by atoms with van der Waals surface area (Å²) in [5.41, 5.74) is 6.45. The molecule has 3 rings (SSSR count). The highest BCUT2D eigenvalue weighted by Gasteiger charge is 2.24. The van der Waals surface area contributed by atoms with Crippen molar-refractivity contribution in [2.75, 3.05) is 24.2 Å². The molecule has 3 aromatic rings. The molecule has 150 valence electrons. The molecule has 0 saturated carbocycles. The summed E-state index contributed by atoms with van der Waals surface area (Å²) in [5, 5.41) is 10.4. The maximum absolute atomic E-state index is 15.0. The van der Waals surface area contributed by atoms with E-state index in [1.807, 2.05) is 30.4 Å². The van der Waals surface area contributed by atoms with Gasteiger partial charge >= 0.3 is 0 Å². The Kier molecular flexibility index (Phi) is 5.20. The molecule has 7 nitrogen and oxygen atoms in total. The van der Waals surface area contributed by atoms with E-state index in [4.69, 9.17) is 17.3 Å². The molecule has 3 N–H and O–H groups in total. The second-order valence-corrected chi connectivity index (χ2v) is 8.20. The number of halogens is 2. The van der Waals surface area contributed by atoms with Crippen LogP contribution in [0.1, 0.15) is 33.7 Å². The molecule has 2 aromatic heterocycles. The smallest absolute Gasteiger partial charge is 0.220 e. The predicted molar refractivity (Wildman–Crippen MR) is 110 cm³/mol. The van der Waals surface area contributed by atoms with E-state index in [0.29, 0.717) is 29.3 Å². The van der Waals surface area contributed by atoms with Gasteiger partial charge in [-0.1, -0.05) is 11.6 Å². The number of benzene rings is 1. The van der Waals surface area contributed by atoms with Crippen molar-refractivity contribution in [3.63, 3.8) is 0 Å². The molecule has 0 radical (unpaired) electrons. The lowest BCUT2D eigenvalue weighted by Gasteiger charge is -2.27. The summed E-state index contributed by atoms with van der Waals surface area (Å²) in [6.45, 7) is 7.75. The number of anilines is 2. The summed E-state index contributed by atoms with van der Waals surface area (Å²) < 4.78 is 16.9. The zero-order valence-electron chi connectivity index (χ0n) is 16.5. The molecule has 0 aliphatic carbocycles. The minimum atomic E-state index is -0.926. The Morgan fingerprint density at radius 2 is 2.00 bits per heavy atom. The number of aromatic nitrogens is 4. The Bertz CT molecular complexity index is 1030. The molecule has 0 unspecified atom stereocenters. The van der Waals surface area contributed by atoms with Gasteiger partial charge in [-0.25, -0.2) is 19.3 Å². The van der Waals surface area contributed by atoms with Gasteiger partial charge in [0.2, 0.25) is 11.9 Å². The fraction of sp³-hybridized carbons (Fsp3) is 0.421. The van der Waals surface area contributed by atoms with Gasteiger partial charge in [0.05, 0.1) is 28.0 Å². The summed E-state index contributed by atoms with van der Waals surface area (Å²) in [6.07, 6.45) is 1.39. The quantitative estimate of drug-likeness (QED) is 0.671. The average molecular weight is 407 g/mol. The molecular formula is C19H24ClFN6O. The molecule has 0 amide bonds. The van der Waals surface area contributed by atoms with Crippen LogP contribution in [0.15, 0.2) is 18.3 Å². The highest BCUT2D eigenvalue weighted by atomic mass is 35.5. The van der Waals surface area contributed by atoms with Crippen molar-refractivity contribution in [1.82, 2.24) is 19.5 Å². The van der Waals surface area contributed by atoms with E-state index < -0.39 is 11.4 Å². The van der Waals surface area contributed by atoms with E-state index in [0.717, 1.165) is 0 Å². The van der Waals surface area contributed by atoms with Crippen LogP contribution in [0, 0.1) is 5.82 Å². The number of rotatable bonds is 5. The Morgan fingerprint density at radius 3 is 2.61 bits per heavy atom. The van der Waals surface area contributed by atoms with E-state index in [9.17, 15) is 9.50 Å². The third-order valence-electron chi connectivity index (χ3n) is 4.25. The third-order valence-corrected chi connectivity index (χ3v) is 4.52. The monoisotopic (exact) mass is 406 g/mol. The number of likely N-dealkylation sites (N-methyl/N-ethyl adjacent to an activating group) is 1. The molecule has 1 aromatic carbocycles. The normalized spacial score (nSPS) is 12.2. The standard InChI is InChI=1S/C19H24ClFN6O/c1-10(2)27-14-7-11(15-12(20)8-23-17(22)24-15)6-13(21)16(14)25-18(27)26(5)9-19(3,4)28/h6-8,10,28H,9H2,1-5H3,(H2,22,23,24). The molecule has 0 atom stereocenters. The van der Waals surface area contributed by atoms with Crippen molar-refractivity contribution in [2.24, 2.45) is 0 Å².